The summed E-state index contributed by atoms with van der Waals surface area (Å²) in [4.78, 5) is 28.2. The monoisotopic (exact) mass is 637 g/mol. The van der Waals surface area contributed by atoms with Gasteiger partial charge in [0.15, 0.2) is 0 Å². The lowest BCUT2D eigenvalue weighted by Gasteiger charge is -2.32. The van der Waals surface area contributed by atoms with Gasteiger partial charge in [-0.05, 0) is 68.3 Å². The molecular weight excluding hydrogens is 609 g/mol. The van der Waals surface area contributed by atoms with Gasteiger partial charge in [-0.2, -0.15) is 0 Å². The van der Waals surface area contributed by atoms with Gasteiger partial charge in [-0.1, -0.05) is 64.8 Å². The van der Waals surface area contributed by atoms with Crippen LogP contribution in [0, 0.1) is 5.82 Å². The number of amides is 2. The molecule has 2 atom stereocenters. The van der Waals surface area contributed by atoms with Gasteiger partial charge in [-0.15, -0.1) is 0 Å². The molecule has 0 saturated carbocycles. The van der Waals surface area contributed by atoms with Crippen molar-refractivity contribution in [3.8, 4) is 0 Å². The van der Waals surface area contributed by atoms with Crippen molar-refractivity contribution >= 4 is 55.1 Å². The molecule has 0 spiro atoms. The normalized spacial score (nSPS) is 12.9. The van der Waals surface area contributed by atoms with Gasteiger partial charge in [0.05, 0.1) is 15.6 Å². The quantitative estimate of drug-likeness (QED) is 0.289. The summed E-state index contributed by atoms with van der Waals surface area (Å²) in [6, 6.07) is 17.3. The van der Waals surface area contributed by atoms with Crippen LogP contribution in [0.15, 0.2) is 82.2 Å². The van der Waals surface area contributed by atoms with E-state index in [-0.39, 0.29) is 34.1 Å². The third-order valence-electron chi connectivity index (χ3n) is 6.21. The molecule has 0 saturated heterocycles. The molecule has 7 nitrogen and oxygen atoms in total. The molecule has 0 fully saturated rings. The van der Waals surface area contributed by atoms with E-state index in [1.54, 1.807) is 31.2 Å². The van der Waals surface area contributed by atoms with Gasteiger partial charge in [0.2, 0.25) is 11.8 Å². The second-order valence-corrected chi connectivity index (χ2v) is 12.3. The minimum Gasteiger partial charge on any atom is -0.352 e. The minimum atomic E-state index is -4.26. The first-order valence-electron chi connectivity index (χ1n) is 12.3. The Hall–Kier alpha value is -2.95. The van der Waals surface area contributed by atoms with E-state index in [0.717, 1.165) is 26.5 Å². The first-order valence-corrected chi connectivity index (χ1v) is 14.9. The molecule has 2 amide bonds. The molecule has 0 aliphatic carbocycles. The second kappa shape index (κ2) is 13.4. The summed E-state index contributed by atoms with van der Waals surface area (Å²) in [6.45, 7) is 4.79. The molecule has 0 radical (unpaired) electrons. The standard InChI is InChI=1S/C28H30BrClFN3O4S/c1-4-19(2)32-28(36)20(3)33(17-21-9-8-10-22(29)15-21)27(35)18-34(23-13-14-26(31)25(30)16-23)39(37,38)24-11-6-5-7-12-24/h5-16,19-20H,4,17-18H2,1-3H3,(H,32,36)/t19-,20+/m0/s1. The maximum Gasteiger partial charge on any atom is 0.264 e. The van der Waals surface area contributed by atoms with Crippen LogP contribution in [-0.4, -0.2) is 43.8 Å². The molecule has 0 aromatic heterocycles. The van der Waals surface area contributed by atoms with Gasteiger partial charge in [0, 0.05) is 17.1 Å². The molecule has 3 aromatic rings. The van der Waals surface area contributed by atoms with E-state index in [0.29, 0.717) is 6.42 Å². The molecule has 1 N–H and O–H groups in total. The lowest BCUT2D eigenvalue weighted by molar-refractivity contribution is -0.139. The summed E-state index contributed by atoms with van der Waals surface area (Å²) in [5.74, 6) is -1.72. The largest absolute Gasteiger partial charge is 0.352 e. The average Bonchev–Trinajstić information content (AvgIpc) is 2.91. The third kappa shape index (κ3) is 7.80. The van der Waals surface area contributed by atoms with Crippen LogP contribution in [0.2, 0.25) is 5.02 Å². The number of nitrogens with one attached hydrogen (secondary N) is 1. The zero-order valence-corrected chi connectivity index (χ0v) is 24.9. The third-order valence-corrected chi connectivity index (χ3v) is 8.78. The predicted octanol–water partition coefficient (Wildman–Crippen LogP) is 5.77. The van der Waals surface area contributed by atoms with E-state index >= 15 is 0 Å². The van der Waals surface area contributed by atoms with Crippen molar-refractivity contribution in [3.63, 3.8) is 0 Å². The van der Waals surface area contributed by atoms with Gasteiger partial charge in [-0.25, -0.2) is 12.8 Å². The molecule has 208 valence electrons. The van der Waals surface area contributed by atoms with E-state index in [1.807, 2.05) is 32.0 Å². The Balaban J connectivity index is 2.04. The van der Waals surface area contributed by atoms with Crippen LogP contribution < -0.4 is 9.62 Å². The van der Waals surface area contributed by atoms with Crippen molar-refractivity contribution in [1.82, 2.24) is 10.2 Å². The molecule has 3 rings (SSSR count). The second-order valence-electron chi connectivity index (χ2n) is 9.07. The zero-order valence-electron chi connectivity index (χ0n) is 21.8. The fraction of sp³-hybridized carbons (Fsp3) is 0.286. The van der Waals surface area contributed by atoms with Crippen molar-refractivity contribution in [3.05, 3.63) is 93.7 Å². The Morgan fingerprint density at radius 1 is 1.03 bits per heavy atom. The summed E-state index contributed by atoms with van der Waals surface area (Å²) in [5.41, 5.74) is 0.751. The molecule has 39 heavy (non-hydrogen) atoms. The highest BCUT2D eigenvalue weighted by Crippen LogP contribution is 2.28. The SMILES string of the molecule is CC[C@H](C)NC(=O)[C@@H](C)N(Cc1cccc(Br)c1)C(=O)CN(c1ccc(F)c(Cl)c1)S(=O)(=O)c1ccccc1. The van der Waals surface area contributed by atoms with Crippen molar-refractivity contribution < 1.29 is 22.4 Å². The van der Waals surface area contributed by atoms with E-state index < -0.39 is 34.3 Å². The number of rotatable bonds is 11. The van der Waals surface area contributed by atoms with Gasteiger partial charge < -0.3 is 10.2 Å². The van der Waals surface area contributed by atoms with Crippen molar-refractivity contribution in [1.29, 1.82) is 0 Å². The summed E-state index contributed by atoms with van der Waals surface area (Å²) in [7, 11) is -4.26. The maximum absolute atomic E-state index is 14.0. The Morgan fingerprint density at radius 3 is 2.33 bits per heavy atom. The number of benzene rings is 3. The Labute approximate surface area is 242 Å². The Kier molecular flexibility index (Phi) is 10.5. The summed E-state index contributed by atoms with van der Waals surface area (Å²) in [6.07, 6.45) is 0.701. The fourth-order valence-corrected chi connectivity index (χ4v) is 5.82. The van der Waals surface area contributed by atoms with Gasteiger partial charge in [-0.3, -0.25) is 13.9 Å². The van der Waals surface area contributed by atoms with Gasteiger partial charge in [0.1, 0.15) is 18.4 Å². The molecule has 0 bridgehead atoms. The van der Waals surface area contributed by atoms with Crippen LogP contribution in [-0.2, 0) is 26.2 Å². The lowest BCUT2D eigenvalue weighted by atomic mass is 10.1. The average molecular weight is 639 g/mol. The van der Waals surface area contributed by atoms with Crippen molar-refractivity contribution in [2.75, 3.05) is 10.8 Å². The molecule has 11 heteroatoms. The highest BCUT2D eigenvalue weighted by molar-refractivity contribution is 9.10. The predicted molar refractivity (Wildman–Crippen MR) is 154 cm³/mol. The Morgan fingerprint density at radius 2 is 1.72 bits per heavy atom. The van der Waals surface area contributed by atoms with E-state index in [9.17, 15) is 22.4 Å². The summed E-state index contributed by atoms with van der Waals surface area (Å²) in [5, 5.41) is 2.59. The summed E-state index contributed by atoms with van der Waals surface area (Å²) >= 11 is 9.40. The summed E-state index contributed by atoms with van der Waals surface area (Å²) < 4.78 is 43.0. The lowest BCUT2D eigenvalue weighted by Crippen LogP contribution is -2.52. The van der Waals surface area contributed by atoms with Crippen LogP contribution in [0.3, 0.4) is 0 Å². The zero-order chi connectivity index (χ0) is 28.7. The van der Waals surface area contributed by atoms with Crippen LogP contribution in [0.5, 0.6) is 0 Å². The number of carbonyl (C=O) groups excluding carboxylic acids is 2. The Bertz CT molecular complexity index is 1430. The van der Waals surface area contributed by atoms with Gasteiger partial charge >= 0.3 is 0 Å². The highest BCUT2D eigenvalue weighted by Gasteiger charge is 2.33. The fourth-order valence-electron chi connectivity index (χ4n) is 3.77. The van der Waals surface area contributed by atoms with E-state index in [2.05, 4.69) is 21.2 Å². The number of hydrogen-bond acceptors (Lipinski definition) is 4. The molecule has 0 heterocycles. The molecular formula is C28H30BrClFN3O4S. The number of hydrogen-bond donors (Lipinski definition) is 1. The number of sulfonamides is 1. The molecule has 3 aromatic carbocycles. The van der Waals surface area contributed by atoms with Crippen LogP contribution in [0.4, 0.5) is 10.1 Å². The van der Waals surface area contributed by atoms with Gasteiger partial charge in [0.25, 0.3) is 10.0 Å². The minimum absolute atomic E-state index is 0.0118. The van der Waals surface area contributed by atoms with Crippen molar-refractivity contribution in [2.45, 2.75) is 50.7 Å². The smallest absolute Gasteiger partial charge is 0.264 e. The van der Waals surface area contributed by atoms with Crippen LogP contribution >= 0.6 is 27.5 Å². The highest BCUT2D eigenvalue weighted by atomic mass is 79.9. The molecule has 0 unspecified atom stereocenters. The van der Waals surface area contributed by atoms with Crippen molar-refractivity contribution in [2.24, 2.45) is 0 Å². The first-order chi connectivity index (χ1) is 18.4. The number of carbonyl (C=O) groups is 2. The number of anilines is 1. The first kappa shape index (κ1) is 30.6. The number of halogens is 3. The van der Waals surface area contributed by atoms with E-state index in [4.69, 9.17) is 11.6 Å². The molecule has 0 aliphatic rings. The topological polar surface area (TPSA) is 86.8 Å². The van der Waals surface area contributed by atoms with Crippen LogP contribution in [0.25, 0.3) is 0 Å². The van der Waals surface area contributed by atoms with E-state index in [1.165, 1.54) is 23.1 Å². The molecule has 0 aliphatic heterocycles. The number of nitrogens with zero attached hydrogens (tertiary/aromatic N) is 2. The van der Waals surface area contributed by atoms with Crippen LogP contribution in [0.1, 0.15) is 32.8 Å². The maximum atomic E-state index is 14.0.